The van der Waals surface area contributed by atoms with E-state index in [4.69, 9.17) is 0 Å². The van der Waals surface area contributed by atoms with Crippen molar-refractivity contribution in [1.29, 1.82) is 0 Å². The Balaban J connectivity index is 2.30. The van der Waals surface area contributed by atoms with Crippen molar-refractivity contribution in [3.05, 3.63) is 23.8 Å². The van der Waals surface area contributed by atoms with Crippen LogP contribution in [0.1, 0.15) is 31.7 Å². The Morgan fingerprint density at radius 1 is 1.33 bits per heavy atom. The minimum atomic E-state index is -0.102. The average Bonchev–Trinajstić information content (AvgIpc) is 2.32. The zero-order valence-corrected chi connectivity index (χ0v) is 10.8. The molecular formula is C14H18N2O2. The first-order chi connectivity index (χ1) is 8.58. The second kappa shape index (κ2) is 5.21. The van der Waals surface area contributed by atoms with Gasteiger partial charge in [-0.3, -0.25) is 9.59 Å². The van der Waals surface area contributed by atoms with Crippen LogP contribution in [0.5, 0.6) is 0 Å². The predicted octanol–water partition coefficient (Wildman–Crippen LogP) is 2.47. The number of nitrogens with one attached hydrogen (secondary N) is 1. The van der Waals surface area contributed by atoms with Gasteiger partial charge >= 0.3 is 0 Å². The molecule has 0 saturated carbocycles. The summed E-state index contributed by atoms with van der Waals surface area (Å²) in [4.78, 5) is 24.8. The van der Waals surface area contributed by atoms with Crippen LogP contribution in [0.25, 0.3) is 0 Å². The second-order valence-corrected chi connectivity index (χ2v) is 4.68. The van der Waals surface area contributed by atoms with Crippen molar-refractivity contribution in [1.82, 2.24) is 0 Å². The van der Waals surface area contributed by atoms with Crippen molar-refractivity contribution in [3.8, 4) is 0 Å². The fourth-order valence-electron chi connectivity index (χ4n) is 2.24. The van der Waals surface area contributed by atoms with Crippen LogP contribution < -0.4 is 10.2 Å². The SMILES string of the molecule is CC(=O)Nc1ccc(C)c(N2CCCCC2=O)c1. The topological polar surface area (TPSA) is 49.4 Å². The standard InChI is InChI=1S/C14H18N2O2/c1-10-6-7-12(15-11(2)17)9-13(10)16-8-4-3-5-14(16)18/h6-7,9H,3-5,8H2,1-2H3,(H,15,17). The predicted molar refractivity (Wildman–Crippen MR) is 71.7 cm³/mol. The van der Waals surface area contributed by atoms with Crippen molar-refractivity contribution in [2.45, 2.75) is 33.1 Å². The van der Waals surface area contributed by atoms with E-state index < -0.39 is 0 Å². The lowest BCUT2D eigenvalue weighted by atomic mass is 10.1. The van der Waals surface area contributed by atoms with E-state index in [1.165, 1.54) is 6.92 Å². The van der Waals surface area contributed by atoms with Crippen molar-refractivity contribution in [2.24, 2.45) is 0 Å². The third kappa shape index (κ3) is 2.70. The highest BCUT2D eigenvalue weighted by atomic mass is 16.2. The van der Waals surface area contributed by atoms with Gasteiger partial charge in [-0.2, -0.15) is 0 Å². The Hall–Kier alpha value is -1.84. The maximum atomic E-state index is 11.9. The van der Waals surface area contributed by atoms with E-state index in [1.54, 1.807) is 0 Å². The van der Waals surface area contributed by atoms with E-state index >= 15 is 0 Å². The molecule has 1 aromatic rings. The first-order valence-electron chi connectivity index (χ1n) is 6.26. The van der Waals surface area contributed by atoms with Crippen LogP contribution >= 0.6 is 0 Å². The summed E-state index contributed by atoms with van der Waals surface area (Å²) in [5.74, 6) is 0.0686. The Bertz CT molecular complexity index is 483. The van der Waals surface area contributed by atoms with Gasteiger partial charge in [0.1, 0.15) is 0 Å². The van der Waals surface area contributed by atoms with Gasteiger partial charge in [-0.1, -0.05) is 6.07 Å². The molecule has 0 atom stereocenters. The smallest absolute Gasteiger partial charge is 0.226 e. The minimum Gasteiger partial charge on any atom is -0.326 e. The van der Waals surface area contributed by atoms with E-state index in [0.717, 1.165) is 36.3 Å². The molecule has 18 heavy (non-hydrogen) atoms. The first kappa shape index (κ1) is 12.6. The fraction of sp³-hybridized carbons (Fsp3) is 0.429. The maximum absolute atomic E-state index is 11.9. The number of carbonyl (C=O) groups is 2. The van der Waals surface area contributed by atoms with Crippen LogP contribution in [0.15, 0.2) is 18.2 Å². The van der Waals surface area contributed by atoms with E-state index in [2.05, 4.69) is 5.32 Å². The fourth-order valence-corrected chi connectivity index (χ4v) is 2.24. The van der Waals surface area contributed by atoms with Gasteiger partial charge in [0.05, 0.1) is 0 Å². The summed E-state index contributed by atoms with van der Waals surface area (Å²) in [6.07, 6.45) is 2.62. The molecule has 0 radical (unpaired) electrons. The van der Waals surface area contributed by atoms with Crippen LogP contribution in [0, 0.1) is 6.92 Å². The molecule has 0 aliphatic carbocycles. The van der Waals surface area contributed by atoms with Gasteiger partial charge in [-0.15, -0.1) is 0 Å². The lowest BCUT2D eigenvalue weighted by Crippen LogP contribution is -2.35. The molecule has 0 aromatic heterocycles. The van der Waals surface area contributed by atoms with Crippen LogP contribution in [0.2, 0.25) is 0 Å². The number of benzene rings is 1. The summed E-state index contributed by atoms with van der Waals surface area (Å²) in [6, 6.07) is 5.66. The number of piperidine rings is 1. The van der Waals surface area contributed by atoms with Gasteiger partial charge in [-0.25, -0.2) is 0 Å². The molecule has 1 N–H and O–H groups in total. The highest BCUT2D eigenvalue weighted by Gasteiger charge is 2.21. The number of nitrogens with zero attached hydrogens (tertiary/aromatic N) is 1. The van der Waals surface area contributed by atoms with E-state index in [9.17, 15) is 9.59 Å². The first-order valence-corrected chi connectivity index (χ1v) is 6.26. The summed E-state index contributed by atoms with van der Waals surface area (Å²) >= 11 is 0. The number of hydrogen-bond donors (Lipinski definition) is 1. The third-order valence-electron chi connectivity index (χ3n) is 3.14. The molecule has 4 nitrogen and oxygen atoms in total. The minimum absolute atomic E-state index is 0.102. The molecule has 1 fully saturated rings. The van der Waals surface area contributed by atoms with Gasteiger partial charge in [-0.05, 0) is 37.5 Å². The molecule has 1 aliphatic rings. The summed E-state index contributed by atoms with van der Waals surface area (Å²) in [7, 11) is 0. The van der Waals surface area contributed by atoms with E-state index in [0.29, 0.717) is 6.42 Å². The second-order valence-electron chi connectivity index (χ2n) is 4.68. The van der Waals surface area contributed by atoms with Gasteiger partial charge in [0.25, 0.3) is 0 Å². The van der Waals surface area contributed by atoms with Crippen LogP contribution in [-0.2, 0) is 9.59 Å². The molecule has 2 rings (SSSR count). The van der Waals surface area contributed by atoms with Crippen molar-refractivity contribution in [3.63, 3.8) is 0 Å². The van der Waals surface area contributed by atoms with Crippen molar-refractivity contribution in [2.75, 3.05) is 16.8 Å². The monoisotopic (exact) mass is 246 g/mol. The van der Waals surface area contributed by atoms with Crippen LogP contribution in [-0.4, -0.2) is 18.4 Å². The molecule has 96 valence electrons. The number of anilines is 2. The highest BCUT2D eigenvalue weighted by molar-refractivity contribution is 5.96. The lowest BCUT2D eigenvalue weighted by molar-refractivity contribution is -0.119. The van der Waals surface area contributed by atoms with Gasteiger partial charge < -0.3 is 10.2 Å². The Kier molecular flexibility index (Phi) is 3.65. The van der Waals surface area contributed by atoms with Crippen LogP contribution in [0.4, 0.5) is 11.4 Å². The Labute approximate surface area is 107 Å². The zero-order chi connectivity index (χ0) is 13.1. The van der Waals surface area contributed by atoms with Crippen LogP contribution in [0.3, 0.4) is 0 Å². The lowest BCUT2D eigenvalue weighted by Gasteiger charge is -2.28. The Morgan fingerprint density at radius 3 is 2.78 bits per heavy atom. The Morgan fingerprint density at radius 2 is 2.11 bits per heavy atom. The third-order valence-corrected chi connectivity index (χ3v) is 3.14. The molecule has 0 unspecified atom stereocenters. The summed E-state index contributed by atoms with van der Waals surface area (Å²) in [5, 5.41) is 2.75. The molecule has 1 aliphatic heterocycles. The van der Waals surface area contributed by atoms with Crippen molar-refractivity contribution >= 4 is 23.2 Å². The average molecular weight is 246 g/mol. The quantitative estimate of drug-likeness (QED) is 0.871. The molecule has 4 heteroatoms. The summed E-state index contributed by atoms with van der Waals surface area (Å²) in [6.45, 7) is 4.23. The summed E-state index contributed by atoms with van der Waals surface area (Å²) in [5.41, 5.74) is 2.70. The van der Waals surface area contributed by atoms with Gasteiger partial charge in [0.2, 0.25) is 11.8 Å². The summed E-state index contributed by atoms with van der Waals surface area (Å²) < 4.78 is 0. The van der Waals surface area contributed by atoms with E-state index in [1.807, 2.05) is 30.0 Å². The van der Waals surface area contributed by atoms with Crippen molar-refractivity contribution < 1.29 is 9.59 Å². The number of aryl methyl sites for hydroxylation is 1. The molecule has 1 heterocycles. The van der Waals surface area contributed by atoms with Gasteiger partial charge in [0, 0.05) is 31.3 Å². The van der Waals surface area contributed by atoms with Gasteiger partial charge in [0.15, 0.2) is 0 Å². The number of rotatable bonds is 2. The molecule has 0 bridgehead atoms. The normalized spacial score (nSPS) is 15.7. The number of carbonyl (C=O) groups excluding carboxylic acids is 2. The molecule has 1 aromatic carbocycles. The maximum Gasteiger partial charge on any atom is 0.226 e. The molecule has 0 spiro atoms. The van der Waals surface area contributed by atoms with E-state index in [-0.39, 0.29) is 11.8 Å². The zero-order valence-electron chi connectivity index (χ0n) is 10.8. The highest BCUT2D eigenvalue weighted by Crippen LogP contribution is 2.27. The largest absolute Gasteiger partial charge is 0.326 e. The molecular weight excluding hydrogens is 228 g/mol. The number of hydrogen-bond acceptors (Lipinski definition) is 2. The molecule has 1 saturated heterocycles. The number of amides is 2. The molecule has 2 amide bonds.